The predicted molar refractivity (Wildman–Crippen MR) is 98.1 cm³/mol. The third kappa shape index (κ3) is 6.61. The SMILES string of the molecule is CCCCCCc1ssc(=S)c1Cc1ccc(S(=O)(=O)[O-])cc1.[Na+]. The van der Waals surface area contributed by atoms with E-state index in [-0.39, 0.29) is 34.5 Å². The summed E-state index contributed by atoms with van der Waals surface area (Å²) in [4.78, 5) is 1.16. The van der Waals surface area contributed by atoms with E-state index in [1.807, 2.05) is 0 Å². The van der Waals surface area contributed by atoms with Crippen LogP contribution in [-0.2, 0) is 23.0 Å². The standard InChI is InChI=1S/C16H20O3S4.Na/c1-2-3-4-5-6-15-14(16(20)22-21-15)11-12-7-9-13(10-8-12)23(17,18)19;/h7-10H,2-6,11H2,1H3,(H,17,18,19);/q;+1/p-1. The van der Waals surface area contributed by atoms with Crippen molar-refractivity contribution in [3.8, 4) is 0 Å². The quantitative estimate of drug-likeness (QED) is 0.220. The molecule has 2 rings (SSSR count). The Kier molecular flexibility index (Phi) is 9.84. The molecule has 1 aromatic carbocycles. The van der Waals surface area contributed by atoms with Crippen LogP contribution < -0.4 is 29.6 Å². The normalized spacial score (nSPS) is 11.2. The van der Waals surface area contributed by atoms with Crippen molar-refractivity contribution in [1.82, 2.24) is 0 Å². The number of unbranched alkanes of at least 4 members (excludes halogenated alkanes) is 3. The number of aryl methyl sites for hydroxylation is 1. The molecule has 0 fully saturated rings. The maximum absolute atomic E-state index is 11.0. The van der Waals surface area contributed by atoms with Gasteiger partial charge < -0.3 is 4.55 Å². The van der Waals surface area contributed by atoms with E-state index in [4.69, 9.17) is 12.2 Å². The molecule has 0 amide bonds. The molecule has 1 aromatic heterocycles. The van der Waals surface area contributed by atoms with Gasteiger partial charge >= 0.3 is 29.6 Å². The Labute approximate surface area is 178 Å². The molecule has 0 unspecified atom stereocenters. The van der Waals surface area contributed by atoms with Gasteiger partial charge in [0.15, 0.2) is 0 Å². The van der Waals surface area contributed by atoms with Gasteiger partial charge in [0.25, 0.3) is 0 Å². The summed E-state index contributed by atoms with van der Waals surface area (Å²) in [6, 6.07) is 6.14. The maximum atomic E-state index is 11.0. The molecule has 126 valence electrons. The van der Waals surface area contributed by atoms with Gasteiger partial charge in [-0.2, -0.15) is 0 Å². The first kappa shape index (κ1) is 22.4. The van der Waals surface area contributed by atoms with Gasteiger partial charge in [0.1, 0.15) is 13.9 Å². The third-order valence-corrected chi connectivity index (χ3v) is 7.80. The van der Waals surface area contributed by atoms with Gasteiger partial charge in [0.05, 0.1) is 4.90 Å². The molecule has 8 heteroatoms. The minimum atomic E-state index is -4.38. The van der Waals surface area contributed by atoms with Crippen molar-refractivity contribution in [2.75, 3.05) is 0 Å². The fourth-order valence-corrected chi connectivity index (χ4v) is 5.81. The largest absolute Gasteiger partial charge is 1.00 e. The molecular formula is C16H19NaO3S4. The molecule has 0 N–H and O–H groups in total. The van der Waals surface area contributed by atoms with Crippen molar-refractivity contribution in [1.29, 1.82) is 0 Å². The van der Waals surface area contributed by atoms with Crippen LogP contribution in [0.4, 0.5) is 0 Å². The molecule has 0 aliphatic rings. The van der Waals surface area contributed by atoms with Crippen LogP contribution >= 0.6 is 32.9 Å². The van der Waals surface area contributed by atoms with Gasteiger partial charge in [-0.05, 0) is 36.1 Å². The maximum Gasteiger partial charge on any atom is 1.00 e. The van der Waals surface area contributed by atoms with Gasteiger partial charge in [-0.15, -0.1) is 0 Å². The van der Waals surface area contributed by atoms with Crippen molar-refractivity contribution in [2.24, 2.45) is 0 Å². The fourth-order valence-electron chi connectivity index (χ4n) is 2.36. The summed E-state index contributed by atoms with van der Waals surface area (Å²) in [5.74, 6) is 0. The van der Waals surface area contributed by atoms with Crippen LogP contribution in [0.5, 0.6) is 0 Å². The van der Waals surface area contributed by atoms with Crippen LogP contribution in [0, 0.1) is 3.82 Å². The van der Waals surface area contributed by atoms with Crippen LogP contribution in [0.1, 0.15) is 48.6 Å². The molecule has 3 nitrogen and oxygen atoms in total. The molecule has 0 atom stereocenters. The minimum Gasteiger partial charge on any atom is -0.744 e. The molecule has 0 bridgehead atoms. The summed E-state index contributed by atoms with van der Waals surface area (Å²) in [6.45, 7) is 2.20. The molecule has 1 heterocycles. The Hall–Kier alpha value is 0.400. The third-order valence-electron chi connectivity index (χ3n) is 3.65. The summed E-state index contributed by atoms with van der Waals surface area (Å²) in [5, 5.41) is 0. The molecule has 0 saturated heterocycles. The Morgan fingerprint density at radius 3 is 2.33 bits per heavy atom. The van der Waals surface area contributed by atoms with E-state index in [0.717, 1.165) is 15.8 Å². The summed E-state index contributed by atoms with van der Waals surface area (Å²) < 4.78 is 33.8. The van der Waals surface area contributed by atoms with Crippen LogP contribution in [-0.4, -0.2) is 13.0 Å². The van der Waals surface area contributed by atoms with E-state index in [2.05, 4.69) is 6.92 Å². The minimum absolute atomic E-state index is 0. The molecule has 0 aliphatic carbocycles. The number of hydrogen-bond donors (Lipinski definition) is 0. The van der Waals surface area contributed by atoms with Gasteiger partial charge in [0, 0.05) is 11.3 Å². The number of benzene rings is 1. The van der Waals surface area contributed by atoms with E-state index in [1.54, 1.807) is 32.8 Å². The monoisotopic (exact) mass is 410 g/mol. The zero-order valence-electron chi connectivity index (χ0n) is 13.9. The van der Waals surface area contributed by atoms with E-state index < -0.39 is 10.1 Å². The molecule has 0 spiro atoms. The average Bonchev–Trinajstić information content (AvgIpc) is 2.84. The first-order chi connectivity index (χ1) is 10.9. The fraction of sp³-hybridized carbons (Fsp3) is 0.438. The molecular weight excluding hydrogens is 391 g/mol. The first-order valence-electron chi connectivity index (χ1n) is 7.57. The van der Waals surface area contributed by atoms with E-state index in [1.165, 1.54) is 48.3 Å². The zero-order chi connectivity index (χ0) is 16.9. The molecule has 0 radical (unpaired) electrons. The Morgan fingerprint density at radius 1 is 1.08 bits per heavy atom. The van der Waals surface area contributed by atoms with Crippen LogP contribution in [0.3, 0.4) is 0 Å². The van der Waals surface area contributed by atoms with Crippen molar-refractivity contribution in [2.45, 2.75) is 50.3 Å². The van der Waals surface area contributed by atoms with Crippen molar-refractivity contribution >= 4 is 43.0 Å². The Balaban J connectivity index is 0.00000288. The van der Waals surface area contributed by atoms with E-state index >= 15 is 0 Å². The second-order valence-electron chi connectivity index (χ2n) is 5.44. The first-order valence-corrected chi connectivity index (χ1v) is 11.5. The average molecular weight is 411 g/mol. The number of hydrogen-bond acceptors (Lipinski definition) is 6. The number of rotatable bonds is 8. The molecule has 0 aliphatic heterocycles. The van der Waals surface area contributed by atoms with Gasteiger partial charge in [-0.25, -0.2) is 8.42 Å². The van der Waals surface area contributed by atoms with E-state index in [9.17, 15) is 13.0 Å². The zero-order valence-corrected chi connectivity index (χ0v) is 19.2. The van der Waals surface area contributed by atoms with Gasteiger partial charge in [-0.3, -0.25) is 0 Å². The second-order valence-corrected chi connectivity index (χ2v) is 9.72. The smallest absolute Gasteiger partial charge is 0.744 e. The van der Waals surface area contributed by atoms with Crippen molar-refractivity contribution in [3.05, 3.63) is 44.1 Å². The van der Waals surface area contributed by atoms with Gasteiger partial charge in [-0.1, -0.05) is 71.2 Å². The van der Waals surface area contributed by atoms with Crippen molar-refractivity contribution < 1.29 is 42.5 Å². The van der Waals surface area contributed by atoms with Crippen molar-refractivity contribution in [3.63, 3.8) is 0 Å². The van der Waals surface area contributed by atoms with E-state index in [0.29, 0.717) is 6.42 Å². The summed E-state index contributed by atoms with van der Waals surface area (Å²) >= 11 is 5.44. The van der Waals surface area contributed by atoms with Crippen LogP contribution in [0.15, 0.2) is 29.2 Å². The molecule has 24 heavy (non-hydrogen) atoms. The second kappa shape index (κ2) is 10.5. The summed E-state index contributed by atoms with van der Waals surface area (Å²) in [5.41, 5.74) is 2.16. The summed E-state index contributed by atoms with van der Waals surface area (Å²) in [7, 11) is -0.997. The van der Waals surface area contributed by atoms with Gasteiger partial charge in [0.2, 0.25) is 0 Å². The molecule has 0 saturated carbocycles. The van der Waals surface area contributed by atoms with Crippen LogP contribution in [0.2, 0.25) is 0 Å². The molecule has 2 aromatic rings. The van der Waals surface area contributed by atoms with Crippen LogP contribution in [0.25, 0.3) is 0 Å². The topological polar surface area (TPSA) is 57.2 Å². The Bertz CT molecular complexity index is 791. The predicted octanol–water partition coefficient (Wildman–Crippen LogP) is 2.16. The Morgan fingerprint density at radius 2 is 1.75 bits per heavy atom. The summed E-state index contributed by atoms with van der Waals surface area (Å²) in [6.07, 6.45) is 6.65.